The Kier molecular flexibility index (Phi) is 4.02. The van der Waals surface area contributed by atoms with E-state index in [-0.39, 0.29) is 30.0 Å². The molecule has 1 spiro atoms. The molecule has 1 aromatic carbocycles. The molecule has 5 rings (SSSR count). The fraction of sp³-hybridized carbons (Fsp3) is 0.455. The van der Waals surface area contributed by atoms with Gasteiger partial charge < -0.3 is 10.0 Å². The van der Waals surface area contributed by atoms with E-state index in [1.165, 1.54) is 18.4 Å². The van der Waals surface area contributed by atoms with Gasteiger partial charge in [0.05, 0.1) is 17.7 Å². The van der Waals surface area contributed by atoms with Crippen LogP contribution >= 0.6 is 0 Å². The zero-order valence-corrected chi connectivity index (χ0v) is 15.4. The molecular weight excluding hydrogens is 338 g/mol. The lowest BCUT2D eigenvalue weighted by Gasteiger charge is -2.71. The third-order valence-corrected chi connectivity index (χ3v) is 6.56. The molecule has 2 aliphatic heterocycles. The van der Waals surface area contributed by atoms with Crippen molar-refractivity contribution in [3.8, 4) is 0 Å². The van der Waals surface area contributed by atoms with Crippen LogP contribution in [0, 0.1) is 5.92 Å². The first-order chi connectivity index (χ1) is 13.2. The molecule has 0 bridgehead atoms. The van der Waals surface area contributed by atoms with E-state index in [0.717, 1.165) is 25.6 Å². The van der Waals surface area contributed by atoms with E-state index in [2.05, 4.69) is 34.1 Å². The summed E-state index contributed by atoms with van der Waals surface area (Å²) in [7, 11) is 0. The van der Waals surface area contributed by atoms with E-state index in [4.69, 9.17) is 0 Å². The Hall–Kier alpha value is -2.24. The average Bonchev–Trinajstić information content (AvgIpc) is 3.49. The number of hydrogen-bond donors (Lipinski definition) is 1. The predicted molar refractivity (Wildman–Crippen MR) is 102 cm³/mol. The van der Waals surface area contributed by atoms with Gasteiger partial charge in [-0.3, -0.25) is 14.7 Å². The van der Waals surface area contributed by atoms with Crippen molar-refractivity contribution in [2.75, 3.05) is 26.2 Å². The third-order valence-electron chi connectivity index (χ3n) is 6.56. The van der Waals surface area contributed by atoms with Gasteiger partial charge in [0.2, 0.25) is 0 Å². The van der Waals surface area contributed by atoms with E-state index < -0.39 is 0 Å². The molecule has 1 saturated carbocycles. The molecule has 2 aromatic rings. The molecule has 2 atom stereocenters. The summed E-state index contributed by atoms with van der Waals surface area (Å²) in [5, 5.41) is 10.1. The molecule has 1 N–H and O–H groups in total. The van der Waals surface area contributed by atoms with Crippen molar-refractivity contribution >= 4 is 5.91 Å². The van der Waals surface area contributed by atoms with Gasteiger partial charge in [-0.15, -0.1) is 0 Å². The van der Waals surface area contributed by atoms with Crippen LogP contribution in [0.3, 0.4) is 0 Å². The Morgan fingerprint density at radius 1 is 1.15 bits per heavy atom. The molecule has 1 amide bonds. The van der Waals surface area contributed by atoms with Crippen LogP contribution in [0.2, 0.25) is 0 Å². The lowest BCUT2D eigenvalue weighted by atomic mass is 9.60. The number of hydrogen-bond acceptors (Lipinski definition) is 4. The van der Waals surface area contributed by atoms with Crippen LogP contribution in [-0.4, -0.2) is 63.6 Å². The SMILES string of the molecule is O=C(c1cccnc1)N1CC2(C1)[C@H](c1ccccc1)[C@H](CO)N2CC1CC1. The maximum atomic E-state index is 12.8. The van der Waals surface area contributed by atoms with Crippen LogP contribution in [0.1, 0.15) is 34.7 Å². The summed E-state index contributed by atoms with van der Waals surface area (Å²) in [6, 6.07) is 14.3. The molecule has 5 nitrogen and oxygen atoms in total. The van der Waals surface area contributed by atoms with Gasteiger partial charge in [0.1, 0.15) is 0 Å². The first-order valence-electron chi connectivity index (χ1n) is 9.85. The largest absolute Gasteiger partial charge is 0.395 e. The zero-order valence-electron chi connectivity index (χ0n) is 15.4. The number of pyridine rings is 1. The summed E-state index contributed by atoms with van der Waals surface area (Å²) in [5.74, 6) is 1.09. The molecule has 1 aromatic heterocycles. The molecule has 1 aliphatic carbocycles. The molecule has 2 saturated heterocycles. The van der Waals surface area contributed by atoms with Crippen molar-refractivity contribution < 1.29 is 9.90 Å². The lowest BCUT2D eigenvalue weighted by Crippen LogP contribution is -2.85. The quantitative estimate of drug-likeness (QED) is 0.884. The Labute approximate surface area is 159 Å². The average molecular weight is 363 g/mol. The van der Waals surface area contributed by atoms with Crippen molar-refractivity contribution in [3.05, 3.63) is 66.0 Å². The lowest BCUT2D eigenvalue weighted by molar-refractivity contribution is -0.180. The third kappa shape index (κ3) is 2.68. The van der Waals surface area contributed by atoms with Gasteiger partial charge in [0, 0.05) is 44.0 Å². The fourth-order valence-corrected chi connectivity index (χ4v) is 5.07. The van der Waals surface area contributed by atoms with E-state index in [0.29, 0.717) is 5.56 Å². The van der Waals surface area contributed by atoms with Gasteiger partial charge in [0.15, 0.2) is 0 Å². The fourth-order valence-electron chi connectivity index (χ4n) is 5.07. The summed E-state index contributed by atoms with van der Waals surface area (Å²) in [4.78, 5) is 21.3. The van der Waals surface area contributed by atoms with Gasteiger partial charge >= 0.3 is 0 Å². The molecule has 0 unspecified atom stereocenters. The summed E-state index contributed by atoms with van der Waals surface area (Å²) in [6.07, 6.45) is 5.91. The second-order valence-electron chi connectivity index (χ2n) is 8.24. The van der Waals surface area contributed by atoms with Gasteiger partial charge in [-0.1, -0.05) is 30.3 Å². The van der Waals surface area contributed by atoms with Gasteiger partial charge in [-0.25, -0.2) is 0 Å². The maximum Gasteiger partial charge on any atom is 0.255 e. The van der Waals surface area contributed by atoms with Crippen molar-refractivity contribution in [2.24, 2.45) is 5.92 Å². The van der Waals surface area contributed by atoms with Crippen LogP contribution in [-0.2, 0) is 0 Å². The minimum absolute atomic E-state index is 0.0325. The first-order valence-corrected chi connectivity index (χ1v) is 9.85. The van der Waals surface area contributed by atoms with Crippen LogP contribution in [0.5, 0.6) is 0 Å². The number of likely N-dealkylation sites (tertiary alicyclic amines) is 2. The van der Waals surface area contributed by atoms with E-state index in [1.807, 2.05) is 17.0 Å². The minimum Gasteiger partial charge on any atom is -0.395 e. The standard InChI is InChI=1S/C22H25N3O2/c26-13-19-20(17-5-2-1-3-6-17)22(25(19)12-16-8-9-16)14-24(15-22)21(27)18-7-4-10-23-11-18/h1-7,10-11,16,19-20,26H,8-9,12-15H2/t19-,20+/m0/s1. The molecular formula is C22H25N3O2. The number of nitrogens with zero attached hydrogens (tertiary/aromatic N) is 3. The number of carbonyl (C=O) groups excluding carboxylic acids is 1. The number of aromatic nitrogens is 1. The Morgan fingerprint density at radius 3 is 2.56 bits per heavy atom. The highest BCUT2D eigenvalue weighted by atomic mass is 16.3. The van der Waals surface area contributed by atoms with E-state index >= 15 is 0 Å². The van der Waals surface area contributed by atoms with Gasteiger partial charge in [0.25, 0.3) is 5.91 Å². The van der Waals surface area contributed by atoms with Crippen LogP contribution in [0.15, 0.2) is 54.9 Å². The first kappa shape index (κ1) is 16.9. The highest BCUT2D eigenvalue weighted by Gasteiger charge is 2.66. The molecule has 140 valence electrons. The van der Waals surface area contributed by atoms with Crippen molar-refractivity contribution in [2.45, 2.75) is 30.3 Å². The van der Waals surface area contributed by atoms with Gasteiger partial charge in [-0.05, 0) is 36.5 Å². The number of rotatable bonds is 5. The Bertz CT molecular complexity index is 816. The topological polar surface area (TPSA) is 56.7 Å². The molecule has 3 fully saturated rings. The second kappa shape index (κ2) is 6.43. The summed E-state index contributed by atoms with van der Waals surface area (Å²) in [5.41, 5.74) is 1.89. The smallest absolute Gasteiger partial charge is 0.255 e. The van der Waals surface area contributed by atoms with Crippen LogP contribution in [0.4, 0.5) is 0 Å². The maximum absolute atomic E-state index is 12.8. The molecule has 0 radical (unpaired) electrons. The second-order valence-corrected chi connectivity index (χ2v) is 8.24. The van der Waals surface area contributed by atoms with Crippen LogP contribution < -0.4 is 0 Å². The monoisotopic (exact) mass is 363 g/mol. The van der Waals surface area contributed by atoms with Crippen molar-refractivity contribution in [3.63, 3.8) is 0 Å². The molecule has 3 aliphatic rings. The number of benzene rings is 1. The van der Waals surface area contributed by atoms with Crippen LogP contribution in [0.25, 0.3) is 0 Å². The zero-order chi connectivity index (χ0) is 18.4. The number of aliphatic hydroxyl groups is 1. The van der Waals surface area contributed by atoms with E-state index in [9.17, 15) is 9.90 Å². The van der Waals surface area contributed by atoms with Gasteiger partial charge in [-0.2, -0.15) is 0 Å². The van der Waals surface area contributed by atoms with Crippen molar-refractivity contribution in [1.29, 1.82) is 0 Å². The highest BCUT2D eigenvalue weighted by molar-refractivity contribution is 5.94. The molecule has 3 heterocycles. The van der Waals surface area contributed by atoms with E-state index in [1.54, 1.807) is 18.5 Å². The van der Waals surface area contributed by atoms with Crippen molar-refractivity contribution in [1.82, 2.24) is 14.8 Å². The highest BCUT2D eigenvalue weighted by Crippen LogP contribution is 2.55. The minimum atomic E-state index is -0.0325. The summed E-state index contributed by atoms with van der Waals surface area (Å²) >= 11 is 0. The Balaban J connectivity index is 1.40. The number of amides is 1. The summed E-state index contributed by atoms with van der Waals surface area (Å²) < 4.78 is 0. The Morgan fingerprint density at radius 2 is 1.93 bits per heavy atom. The predicted octanol–water partition coefficient (Wildman–Crippen LogP) is 2.15. The summed E-state index contributed by atoms with van der Waals surface area (Å²) in [6.45, 7) is 2.67. The molecule has 5 heteroatoms. The molecule has 27 heavy (non-hydrogen) atoms. The number of aliphatic hydroxyl groups excluding tert-OH is 1. The number of carbonyl (C=O) groups is 1. The normalized spacial score (nSPS) is 26.5.